The van der Waals surface area contributed by atoms with Crippen molar-refractivity contribution in [3.8, 4) is 11.1 Å². The quantitative estimate of drug-likeness (QED) is 0.154. The SMILES string of the molecule is O=C1C(CCC(O)c2ccc(F)cc2)C(c2ccc(-c3cccc(C(O)C4OC(O)C(O)C(O)C4O)c3)cc2)N1c1ccccc1. The fourth-order valence-electron chi connectivity index (χ4n) is 6.39. The Labute approximate surface area is 265 Å². The van der Waals surface area contributed by atoms with Crippen LogP contribution in [-0.4, -0.2) is 67.3 Å². The molecule has 6 N–H and O–H groups in total. The van der Waals surface area contributed by atoms with E-state index in [0.717, 1.165) is 22.4 Å². The van der Waals surface area contributed by atoms with E-state index in [2.05, 4.69) is 0 Å². The molecule has 2 heterocycles. The lowest BCUT2D eigenvalue weighted by Gasteiger charge is -2.48. The number of para-hydroxylation sites is 1. The molecule has 2 aliphatic heterocycles. The van der Waals surface area contributed by atoms with Crippen LogP contribution < -0.4 is 4.90 Å². The van der Waals surface area contributed by atoms with E-state index in [0.29, 0.717) is 24.0 Å². The summed E-state index contributed by atoms with van der Waals surface area (Å²) in [6.45, 7) is 0. The molecule has 2 aliphatic rings. The van der Waals surface area contributed by atoms with E-state index in [4.69, 9.17) is 4.74 Å². The average molecular weight is 630 g/mol. The predicted molar refractivity (Wildman–Crippen MR) is 166 cm³/mol. The van der Waals surface area contributed by atoms with E-state index in [1.165, 1.54) is 12.1 Å². The molecule has 1 amide bonds. The number of β-lactam (4-membered cyclic amide) rings is 1. The smallest absolute Gasteiger partial charge is 0.233 e. The molecule has 6 rings (SSSR count). The zero-order valence-electron chi connectivity index (χ0n) is 24.8. The molecule has 9 unspecified atom stereocenters. The lowest BCUT2D eigenvalue weighted by atomic mass is 9.78. The van der Waals surface area contributed by atoms with Gasteiger partial charge in [-0.3, -0.25) is 4.79 Å². The molecule has 2 fully saturated rings. The van der Waals surface area contributed by atoms with Crippen LogP contribution in [0, 0.1) is 11.7 Å². The van der Waals surface area contributed by atoms with Crippen LogP contribution >= 0.6 is 0 Å². The first kappa shape index (κ1) is 32.0. The van der Waals surface area contributed by atoms with Crippen LogP contribution in [-0.2, 0) is 9.53 Å². The van der Waals surface area contributed by atoms with Gasteiger partial charge in [-0.1, -0.05) is 72.8 Å². The van der Waals surface area contributed by atoms with Crippen molar-refractivity contribution in [2.75, 3.05) is 4.90 Å². The molecule has 0 radical (unpaired) electrons. The minimum absolute atomic E-state index is 0.0388. The molecular weight excluding hydrogens is 593 g/mol. The first-order chi connectivity index (χ1) is 22.1. The zero-order valence-corrected chi connectivity index (χ0v) is 24.8. The summed E-state index contributed by atoms with van der Waals surface area (Å²) in [5.41, 5.74) is 4.21. The number of rotatable bonds is 9. The van der Waals surface area contributed by atoms with Gasteiger partial charge in [0, 0.05) is 5.69 Å². The normalized spacial score (nSPS) is 27.6. The molecule has 10 heteroatoms. The van der Waals surface area contributed by atoms with Gasteiger partial charge < -0.3 is 40.3 Å². The van der Waals surface area contributed by atoms with Gasteiger partial charge in [-0.25, -0.2) is 4.39 Å². The van der Waals surface area contributed by atoms with E-state index in [1.807, 2.05) is 60.7 Å². The van der Waals surface area contributed by atoms with Crippen LogP contribution in [0.3, 0.4) is 0 Å². The van der Waals surface area contributed by atoms with Crippen LogP contribution in [0.25, 0.3) is 11.1 Å². The Morgan fingerprint density at radius 3 is 2.13 bits per heavy atom. The fraction of sp³-hybridized carbons (Fsp3) is 0.306. The first-order valence-electron chi connectivity index (χ1n) is 15.2. The van der Waals surface area contributed by atoms with Crippen LogP contribution in [0.4, 0.5) is 10.1 Å². The van der Waals surface area contributed by atoms with Gasteiger partial charge in [-0.05, 0) is 71.0 Å². The Balaban J connectivity index is 1.21. The summed E-state index contributed by atoms with van der Waals surface area (Å²) < 4.78 is 18.6. The van der Waals surface area contributed by atoms with Gasteiger partial charge in [-0.15, -0.1) is 0 Å². The zero-order chi connectivity index (χ0) is 32.5. The van der Waals surface area contributed by atoms with E-state index < -0.39 is 42.9 Å². The molecule has 0 spiro atoms. The largest absolute Gasteiger partial charge is 0.388 e. The maximum absolute atomic E-state index is 13.4. The van der Waals surface area contributed by atoms with E-state index in [1.54, 1.807) is 35.2 Å². The van der Waals surface area contributed by atoms with Gasteiger partial charge in [-0.2, -0.15) is 0 Å². The van der Waals surface area contributed by atoms with Crippen molar-refractivity contribution < 1.29 is 44.6 Å². The van der Waals surface area contributed by atoms with Gasteiger partial charge in [0.25, 0.3) is 0 Å². The highest BCUT2D eigenvalue weighted by atomic mass is 19.1. The van der Waals surface area contributed by atoms with Crippen LogP contribution in [0.15, 0.2) is 103 Å². The molecule has 0 saturated carbocycles. The number of ether oxygens (including phenoxy) is 1. The van der Waals surface area contributed by atoms with Gasteiger partial charge >= 0.3 is 0 Å². The van der Waals surface area contributed by atoms with Gasteiger partial charge in [0.15, 0.2) is 6.29 Å². The number of aliphatic hydroxyl groups is 6. The number of nitrogens with zero attached hydrogens (tertiary/aromatic N) is 1. The van der Waals surface area contributed by atoms with Gasteiger partial charge in [0.1, 0.15) is 36.3 Å². The van der Waals surface area contributed by atoms with Crippen molar-refractivity contribution in [1.82, 2.24) is 0 Å². The molecule has 0 aliphatic carbocycles. The molecule has 240 valence electrons. The van der Waals surface area contributed by atoms with Crippen molar-refractivity contribution in [1.29, 1.82) is 0 Å². The Hall–Kier alpha value is -4.00. The molecular formula is C36H36FNO8. The molecule has 0 bridgehead atoms. The van der Waals surface area contributed by atoms with Crippen LogP contribution in [0.5, 0.6) is 0 Å². The summed E-state index contributed by atoms with van der Waals surface area (Å²) in [4.78, 5) is 15.2. The van der Waals surface area contributed by atoms with Crippen molar-refractivity contribution in [3.05, 3.63) is 126 Å². The highest BCUT2D eigenvalue weighted by Gasteiger charge is 2.49. The number of aliphatic hydroxyl groups excluding tert-OH is 6. The molecule has 2 saturated heterocycles. The third-order valence-electron chi connectivity index (χ3n) is 9.00. The van der Waals surface area contributed by atoms with Gasteiger partial charge in [0.2, 0.25) is 5.91 Å². The lowest BCUT2D eigenvalue weighted by Crippen LogP contribution is -2.58. The molecule has 4 aromatic rings. The number of carbonyl (C=O) groups excluding carboxylic acids is 1. The summed E-state index contributed by atoms with van der Waals surface area (Å²) in [7, 11) is 0. The summed E-state index contributed by atoms with van der Waals surface area (Å²) >= 11 is 0. The van der Waals surface area contributed by atoms with E-state index >= 15 is 0 Å². The molecule has 4 aromatic carbocycles. The number of anilines is 1. The maximum atomic E-state index is 13.4. The monoisotopic (exact) mass is 629 g/mol. The lowest BCUT2D eigenvalue weighted by molar-refractivity contribution is -0.297. The van der Waals surface area contributed by atoms with Crippen molar-refractivity contribution in [2.45, 2.75) is 61.8 Å². The topological polar surface area (TPSA) is 151 Å². The number of carbonyl (C=O) groups is 1. The van der Waals surface area contributed by atoms with Gasteiger partial charge in [0.05, 0.1) is 18.1 Å². The Morgan fingerprint density at radius 2 is 1.43 bits per heavy atom. The summed E-state index contributed by atoms with van der Waals surface area (Å²) in [6.07, 6.45) is -9.63. The fourth-order valence-corrected chi connectivity index (χ4v) is 6.39. The number of benzene rings is 4. The summed E-state index contributed by atoms with van der Waals surface area (Å²) in [6, 6.07) is 29.4. The summed E-state index contributed by atoms with van der Waals surface area (Å²) in [5.74, 6) is -0.790. The number of hydrogen-bond donors (Lipinski definition) is 6. The average Bonchev–Trinajstić information content (AvgIpc) is 3.08. The Morgan fingerprint density at radius 1 is 0.739 bits per heavy atom. The highest BCUT2D eigenvalue weighted by molar-refractivity contribution is 6.03. The van der Waals surface area contributed by atoms with Crippen molar-refractivity contribution >= 4 is 11.6 Å². The second kappa shape index (κ2) is 13.4. The molecule has 46 heavy (non-hydrogen) atoms. The maximum Gasteiger partial charge on any atom is 0.233 e. The molecule has 9 atom stereocenters. The van der Waals surface area contributed by atoms with Crippen molar-refractivity contribution in [3.63, 3.8) is 0 Å². The number of halogens is 1. The standard InChI is InChI=1S/C36H36FNO8/c37-25-15-13-21(14-16-25)28(39)18-17-27-29(38(35(27)44)26-7-2-1-3-8-26)22-11-9-20(10-12-22)23-5-4-6-24(19-23)30(40)34-32(42)31(41)33(43)36(45)46-34/h1-16,19,27-34,36,39-43,45H,17-18H2. The number of hydrogen-bond acceptors (Lipinski definition) is 8. The minimum Gasteiger partial charge on any atom is -0.388 e. The third kappa shape index (κ3) is 6.21. The van der Waals surface area contributed by atoms with E-state index in [9.17, 15) is 39.8 Å². The third-order valence-corrected chi connectivity index (χ3v) is 9.00. The number of amides is 1. The Bertz CT molecular complexity index is 1640. The first-order valence-corrected chi connectivity index (χ1v) is 15.2. The van der Waals surface area contributed by atoms with Crippen molar-refractivity contribution in [2.24, 2.45) is 5.92 Å². The summed E-state index contributed by atoms with van der Waals surface area (Å²) in [5, 5.41) is 61.8. The molecule has 0 aromatic heterocycles. The highest BCUT2D eigenvalue weighted by Crippen LogP contribution is 2.46. The second-order valence-electron chi connectivity index (χ2n) is 11.9. The predicted octanol–water partition coefficient (Wildman–Crippen LogP) is 3.54. The minimum atomic E-state index is -1.77. The van der Waals surface area contributed by atoms with Crippen LogP contribution in [0.2, 0.25) is 0 Å². The second-order valence-corrected chi connectivity index (χ2v) is 11.9. The van der Waals surface area contributed by atoms with Crippen LogP contribution in [0.1, 0.15) is 47.8 Å². The van der Waals surface area contributed by atoms with E-state index in [-0.39, 0.29) is 23.7 Å². The molecule has 9 nitrogen and oxygen atoms in total. The Kier molecular flexibility index (Phi) is 9.30.